The third kappa shape index (κ3) is 3.57. The van der Waals surface area contributed by atoms with Crippen LogP contribution in [0, 0.1) is 0 Å². The van der Waals surface area contributed by atoms with Crippen molar-refractivity contribution < 1.29 is 14.0 Å². The van der Waals surface area contributed by atoms with Crippen LogP contribution in [-0.4, -0.2) is 69.0 Å². The molecule has 0 spiro atoms. The maximum absolute atomic E-state index is 5.60. The van der Waals surface area contributed by atoms with Crippen LogP contribution < -0.4 is 0 Å². The molecular weight excluding hydrogens is 300 g/mol. The van der Waals surface area contributed by atoms with Crippen LogP contribution in [0.1, 0.15) is 18.7 Å². The molecule has 1 unspecified atom stereocenters. The van der Waals surface area contributed by atoms with E-state index in [4.69, 9.17) is 14.0 Å². The maximum atomic E-state index is 5.60. The van der Waals surface area contributed by atoms with Gasteiger partial charge in [0.15, 0.2) is 11.5 Å². The highest BCUT2D eigenvalue weighted by molar-refractivity contribution is 5.43. The van der Waals surface area contributed by atoms with Crippen LogP contribution in [0.2, 0.25) is 0 Å². The predicted molar refractivity (Wildman–Crippen MR) is 78.4 cm³/mol. The SMILES string of the molecule is c1c(-c2nc(CN3CCOCC3)no2)nnn1CC1CCCO1. The van der Waals surface area contributed by atoms with Crippen molar-refractivity contribution in [3.63, 3.8) is 0 Å². The lowest BCUT2D eigenvalue weighted by atomic mass is 10.2. The van der Waals surface area contributed by atoms with Crippen LogP contribution >= 0.6 is 0 Å². The van der Waals surface area contributed by atoms with Crippen molar-refractivity contribution in [3.05, 3.63) is 12.0 Å². The minimum Gasteiger partial charge on any atom is -0.379 e. The van der Waals surface area contributed by atoms with E-state index in [2.05, 4.69) is 25.4 Å². The fraction of sp³-hybridized carbons (Fsp3) is 0.714. The van der Waals surface area contributed by atoms with Crippen LogP contribution in [0.4, 0.5) is 0 Å². The maximum Gasteiger partial charge on any atom is 0.280 e. The molecule has 0 amide bonds. The molecule has 2 fully saturated rings. The van der Waals surface area contributed by atoms with Gasteiger partial charge < -0.3 is 14.0 Å². The Morgan fingerprint density at radius 3 is 2.96 bits per heavy atom. The molecule has 2 aromatic rings. The number of nitrogens with zero attached hydrogens (tertiary/aromatic N) is 6. The Morgan fingerprint density at radius 1 is 1.22 bits per heavy atom. The molecule has 0 N–H and O–H groups in total. The van der Waals surface area contributed by atoms with E-state index in [1.165, 1.54) is 0 Å². The van der Waals surface area contributed by atoms with E-state index >= 15 is 0 Å². The number of morpholine rings is 1. The van der Waals surface area contributed by atoms with Gasteiger partial charge in [-0.25, -0.2) is 4.68 Å². The van der Waals surface area contributed by atoms with Crippen molar-refractivity contribution in [2.75, 3.05) is 32.9 Å². The van der Waals surface area contributed by atoms with Gasteiger partial charge in [-0.1, -0.05) is 10.4 Å². The highest BCUT2D eigenvalue weighted by Gasteiger charge is 2.19. The van der Waals surface area contributed by atoms with Gasteiger partial charge in [0.1, 0.15) is 0 Å². The van der Waals surface area contributed by atoms with Gasteiger partial charge in [0.2, 0.25) is 0 Å². The molecule has 2 aliphatic rings. The molecule has 0 aliphatic carbocycles. The molecule has 0 bridgehead atoms. The van der Waals surface area contributed by atoms with Crippen LogP contribution in [0.5, 0.6) is 0 Å². The van der Waals surface area contributed by atoms with Crippen molar-refractivity contribution in [2.45, 2.75) is 32.0 Å². The summed E-state index contributed by atoms with van der Waals surface area (Å²) in [6.45, 7) is 5.49. The zero-order chi connectivity index (χ0) is 15.5. The summed E-state index contributed by atoms with van der Waals surface area (Å²) in [6, 6.07) is 0. The summed E-state index contributed by atoms with van der Waals surface area (Å²) < 4.78 is 18.0. The third-order valence-electron chi connectivity index (χ3n) is 4.11. The number of hydrogen-bond donors (Lipinski definition) is 0. The summed E-state index contributed by atoms with van der Waals surface area (Å²) in [5.41, 5.74) is 0.601. The molecule has 4 rings (SSSR count). The third-order valence-corrected chi connectivity index (χ3v) is 4.11. The number of aromatic nitrogens is 5. The molecule has 2 aliphatic heterocycles. The van der Waals surface area contributed by atoms with Crippen molar-refractivity contribution in [2.24, 2.45) is 0 Å². The number of ether oxygens (including phenoxy) is 2. The molecule has 1 atom stereocenters. The Balaban J connectivity index is 1.39. The Hall–Kier alpha value is -1.84. The second-order valence-electron chi connectivity index (χ2n) is 5.87. The predicted octanol–water partition coefficient (Wildman–Crippen LogP) is 0.339. The van der Waals surface area contributed by atoms with Crippen molar-refractivity contribution >= 4 is 0 Å². The lowest BCUT2D eigenvalue weighted by Crippen LogP contribution is -2.35. The first kappa shape index (κ1) is 14.7. The van der Waals surface area contributed by atoms with Crippen LogP contribution in [0.3, 0.4) is 0 Å². The van der Waals surface area contributed by atoms with Gasteiger partial charge in [-0.2, -0.15) is 4.98 Å². The quantitative estimate of drug-likeness (QED) is 0.779. The molecule has 2 saturated heterocycles. The molecule has 2 aromatic heterocycles. The van der Waals surface area contributed by atoms with E-state index in [0.29, 0.717) is 30.5 Å². The topological polar surface area (TPSA) is 91.3 Å². The number of hydrogen-bond acceptors (Lipinski definition) is 8. The van der Waals surface area contributed by atoms with Gasteiger partial charge in [-0.05, 0) is 12.8 Å². The van der Waals surface area contributed by atoms with Gasteiger partial charge in [0.05, 0.1) is 38.6 Å². The molecule has 0 saturated carbocycles. The first-order valence-electron chi connectivity index (χ1n) is 8.01. The minimum absolute atomic E-state index is 0.226. The number of rotatable bonds is 5. The van der Waals surface area contributed by atoms with Gasteiger partial charge >= 0.3 is 0 Å². The smallest absolute Gasteiger partial charge is 0.280 e. The fourth-order valence-corrected chi connectivity index (χ4v) is 2.86. The minimum atomic E-state index is 0.226. The average Bonchev–Trinajstić information content (AvgIpc) is 3.30. The van der Waals surface area contributed by atoms with Crippen LogP contribution in [0.15, 0.2) is 10.7 Å². The van der Waals surface area contributed by atoms with Crippen LogP contribution in [0.25, 0.3) is 11.6 Å². The summed E-state index contributed by atoms with van der Waals surface area (Å²) in [5.74, 6) is 1.07. The van der Waals surface area contributed by atoms with Crippen molar-refractivity contribution in [1.29, 1.82) is 0 Å². The highest BCUT2D eigenvalue weighted by atomic mass is 16.5. The first-order chi connectivity index (χ1) is 11.4. The summed E-state index contributed by atoms with van der Waals surface area (Å²) in [4.78, 5) is 6.65. The second kappa shape index (κ2) is 6.73. The lowest BCUT2D eigenvalue weighted by Gasteiger charge is -2.24. The average molecular weight is 320 g/mol. The first-order valence-corrected chi connectivity index (χ1v) is 8.01. The van der Waals surface area contributed by atoms with Gasteiger partial charge in [0.25, 0.3) is 5.89 Å². The summed E-state index contributed by atoms with van der Waals surface area (Å²) in [7, 11) is 0. The zero-order valence-electron chi connectivity index (χ0n) is 12.9. The molecule has 4 heterocycles. The Bertz CT molecular complexity index is 630. The second-order valence-corrected chi connectivity index (χ2v) is 5.87. The fourth-order valence-electron chi connectivity index (χ4n) is 2.86. The Kier molecular flexibility index (Phi) is 4.31. The standard InChI is InChI=1S/C14H20N6O3/c1-2-11(22-5-1)8-20-9-12(16-18-20)14-15-13(17-23-14)10-19-3-6-21-7-4-19/h9,11H,1-8,10H2. The van der Waals surface area contributed by atoms with Crippen molar-refractivity contribution in [1.82, 2.24) is 30.0 Å². The van der Waals surface area contributed by atoms with E-state index in [-0.39, 0.29) is 6.10 Å². The van der Waals surface area contributed by atoms with E-state index in [1.807, 2.05) is 6.20 Å². The van der Waals surface area contributed by atoms with E-state index < -0.39 is 0 Å². The van der Waals surface area contributed by atoms with Crippen LogP contribution in [-0.2, 0) is 22.6 Å². The Morgan fingerprint density at radius 2 is 2.13 bits per heavy atom. The summed E-state index contributed by atoms with van der Waals surface area (Å²) in [6.07, 6.45) is 4.23. The molecule has 9 heteroatoms. The largest absolute Gasteiger partial charge is 0.379 e. The summed E-state index contributed by atoms with van der Waals surface area (Å²) in [5, 5.41) is 12.3. The Labute approximate surface area is 133 Å². The summed E-state index contributed by atoms with van der Waals surface area (Å²) >= 11 is 0. The van der Waals surface area contributed by atoms with Crippen molar-refractivity contribution in [3.8, 4) is 11.6 Å². The zero-order valence-corrected chi connectivity index (χ0v) is 12.9. The van der Waals surface area contributed by atoms with E-state index in [9.17, 15) is 0 Å². The molecular formula is C14H20N6O3. The monoisotopic (exact) mass is 320 g/mol. The van der Waals surface area contributed by atoms with E-state index in [0.717, 1.165) is 45.8 Å². The molecule has 9 nitrogen and oxygen atoms in total. The lowest BCUT2D eigenvalue weighted by molar-refractivity contribution is 0.0327. The van der Waals surface area contributed by atoms with Gasteiger partial charge in [-0.3, -0.25) is 4.90 Å². The highest BCUT2D eigenvalue weighted by Crippen LogP contribution is 2.17. The van der Waals surface area contributed by atoms with Gasteiger partial charge in [0, 0.05) is 19.7 Å². The normalized spacial score (nSPS) is 22.7. The molecule has 23 heavy (non-hydrogen) atoms. The van der Waals surface area contributed by atoms with E-state index in [1.54, 1.807) is 4.68 Å². The molecule has 124 valence electrons. The molecule has 0 aromatic carbocycles. The molecule has 0 radical (unpaired) electrons. The van der Waals surface area contributed by atoms with Gasteiger partial charge in [-0.15, -0.1) is 5.10 Å².